The highest BCUT2D eigenvalue weighted by Gasteiger charge is 2.10. The molecule has 0 atom stereocenters. The van der Waals surface area contributed by atoms with Crippen LogP contribution in [0.25, 0.3) is 0 Å². The number of hydrogen-bond donors (Lipinski definition) is 2. The number of halogens is 2. The average molecular weight is 280 g/mol. The molecule has 0 unspecified atom stereocenters. The van der Waals surface area contributed by atoms with Crippen molar-refractivity contribution < 1.29 is 13.5 Å². The van der Waals surface area contributed by atoms with Gasteiger partial charge in [-0.15, -0.1) is 0 Å². The largest absolute Gasteiger partial charge is 0.433 e. The Morgan fingerprint density at radius 3 is 2.75 bits per heavy atom. The van der Waals surface area contributed by atoms with Gasteiger partial charge in [0.15, 0.2) is 0 Å². The lowest BCUT2D eigenvalue weighted by Crippen LogP contribution is -2.06. The molecule has 0 saturated heterocycles. The Hall–Kier alpha value is -2.44. The Bertz CT molecular complexity index is 592. The number of ether oxygens (including phenoxy) is 1. The first kappa shape index (κ1) is 14.0. The number of nitrogens with zero attached hydrogens (tertiary/aromatic N) is 2. The van der Waals surface area contributed by atoms with Crippen LogP contribution >= 0.6 is 0 Å². The van der Waals surface area contributed by atoms with Crippen LogP contribution in [0.2, 0.25) is 0 Å². The third-order valence-electron chi connectivity index (χ3n) is 2.47. The molecule has 3 N–H and O–H groups in total. The van der Waals surface area contributed by atoms with E-state index in [0.717, 1.165) is 0 Å². The fraction of sp³-hybridized carbons (Fsp3) is 0.231. The molecule has 0 amide bonds. The van der Waals surface area contributed by atoms with Crippen LogP contribution < -0.4 is 15.8 Å². The number of aryl methyl sites for hydroxylation is 1. The van der Waals surface area contributed by atoms with E-state index >= 15 is 0 Å². The SMILES string of the molecule is CCc1nc(N)cc(Nc2ccccc2OC(F)F)n1. The van der Waals surface area contributed by atoms with E-state index in [1.54, 1.807) is 18.2 Å². The molecule has 0 radical (unpaired) electrons. The van der Waals surface area contributed by atoms with Gasteiger partial charge >= 0.3 is 6.61 Å². The molecule has 0 spiro atoms. The normalized spacial score (nSPS) is 10.6. The monoisotopic (exact) mass is 280 g/mol. The van der Waals surface area contributed by atoms with Gasteiger partial charge in [-0.2, -0.15) is 8.78 Å². The molecule has 20 heavy (non-hydrogen) atoms. The number of alkyl halides is 2. The van der Waals surface area contributed by atoms with Crippen molar-refractivity contribution in [3.05, 3.63) is 36.2 Å². The molecule has 2 aromatic rings. The molecule has 1 aromatic heterocycles. The second-order valence-corrected chi connectivity index (χ2v) is 3.95. The van der Waals surface area contributed by atoms with Gasteiger partial charge in [-0.05, 0) is 12.1 Å². The van der Waals surface area contributed by atoms with E-state index in [-0.39, 0.29) is 5.75 Å². The third-order valence-corrected chi connectivity index (χ3v) is 2.47. The molecular formula is C13H14F2N4O. The summed E-state index contributed by atoms with van der Waals surface area (Å²) in [5, 5.41) is 2.90. The van der Waals surface area contributed by atoms with E-state index in [9.17, 15) is 8.78 Å². The number of para-hydroxylation sites is 2. The van der Waals surface area contributed by atoms with Crippen molar-refractivity contribution in [1.29, 1.82) is 0 Å². The minimum Gasteiger partial charge on any atom is -0.433 e. The third kappa shape index (κ3) is 3.53. The number of rotatable bonds is 5. The Morgan fingerprint density at radius 1 is 1.30 bits per heavy atom. The zero-order valence-electron chi connectivity index (χ0n) is 10.8. The molecule has 0 saturated carbocycles. The number of nitrogens with two attached hydrogens (primary N) is 1. The maximum Gasteiger partial charge on any atom is 0.387 e. The molecule has 0 bridgehead atoms. The number of aromatic nitrogens is 2. The van der Waals surface area contributed by atoms with Crippen LogP contribution in [0.5, 0.6) is 5.75 Å². The van der Waals surface area contributed by atoms with Crippen molar-refractivity contribution in [2.75, 3.05) is 11.1 Å². The zero-order valence-corrected chi connectivity index (χ0v) is 10.8. The summed E-state index contributed by atoms with van der Waals surface area (Å²) < 4.78 is 29.1. The zero-order chi connectivity index (χ0) is 14.5. The van der Waals surface area contributed by atoms with E-state index in [1.807, 2.05) is 6.92 Å². The van der Waals surface area contributed by atoms with Crippen molar-refractivity contribution in [3.63, 3.8) is 0 Å². The first-order valence-electron chi connectivity index (χ1n) is 6.02. The van der Waals surface area contributed by atoms with Gasteiger partial charge in [-0.25, -0.2) is 9.97 Å². The smallest absolute Gasteiger partial charge is 0.387 e. The molecule has 0 aliphatic rings. The summed E-state index contributed by atoms with van der Waals surface area (Å²) in [4.78, 5) is 8.26. The van der Waals surface area contributed by atoms with Crippen LogP contribution in [0, 0.1) is 0 Å². The molecule has 2 rings (SSSR count). The summed E-state index contributed by atoms with van der Waals surface area (Å²) in [7, 11) is 0. The molecule has 0 aliphatic heterocycles. The number of anilines is 3. The van der Waals surface area contributed by atoms with E-state index in [1.165, 1.54) is 12.1 Å². The maximum absolute atomic E-state index is 12.3. The Labute approximate surface area is 114 Å². The van der Waals surface area contributed by atoms with Gasteiger partial charge in [0, 0.05) is 12.5 Å². The van der Waals surface area contributed by atoms with Crippen molar-refractivity contribution in [2.24, 2.45) is 0 Å². The van der Waals surface area contributed by atoms with Crippen LogP contribution in [0.1, 0.15) is 12.7 Å². The highest BCUT2D eigenvalue weighted by Crippen LogP contribution is 2.28. The van der Waals surface area contributed by atoms with Gasteiger partial charge in [0.2, 0.25) is 0 Å². The minimum absolute atomic E-state index is 0.0396. The lowest BCUT2D eigenvalue weighted by atomic mass is 10.3. The van der Waals surface area contributed by atoms with Crippen molar-refractivity contribution in [2.45, 2.75) is 20.0 Å². The quantitative estimate of drug-likeness (QED) is 0.880. The standard InChI is InChI=1S/C13H14F2N4O/c1-2-11-18-10(16)7-12(19-11)17-8-5-3-4-6-9(8)20-13(14)15/h3-7,13H,2H2,1H3,(H3,16,17,18,19). The minimum atomic E-state index is -2.89. The van der Waals surface area contributed by atoms with Gasteiger partial charge in [0.05, 0.1) is 5.69 Å². The predicted molar refractivity (Wildman–Crippen MR) is 72.2 cm³/mol. The summed E-state index contributed by atoms with van der Waals surface area (Å²) in [5.74, 6) is 1.35. The summed E-state index contributed by atoms with van der Waals surface area (Å²) in [6.45, 7) is -0.994. The van der Waals surface area contributed by atoms with Crippen LogP contribution in [0.4, 0.5) is 26.1 Å². The molecule has 0 fully saturated rings. The van der Waals surface area contributed by atoms with E-state index in [4.69, 9.17) is 5.73 Å². The summed E-state index contributed by atoms with van der Waals surface area (Å²) >= 11 is 0. The van der Waals surface area contributed by atoms with E-state index < -0.39 is 6.61 Å². The Morgan fingerprint density at radius 2 is 2.05 bits per heavy atom. The van der Waals surface area contributed by atoms with Gasteiger partial charge < -0.3 is 15.8 Å². The van der Waals surface area contributed by atoms with Crippen molar-refractivity contribution in [1.82, 2.24) is 9.97 Å². The van der Waals surface area contributed by atoms with Crippen LogP contribution in [-0.4, -0.2) is 16.6 Å². The predicted octanol–water partition coefficient (Wildman–Crippen LogP) is 2.97. The molecule has 1 aromatic carbocycles. The Kier molecular flexibility index (Phi) is 4.29. The highest BCUT2D eigenvalue weighted by atomic mass is 19.3. The lowest BCUT2D eigenvalue weighted by molar-refractivity contribution is -0.0493. The van der Waals surface area contributed by atoms with Crippen LogP contribution in [0.15, 0.2) is 30.3 Å². The number of benzene rings is 1. The summed E-state index contributed by atoms with van der Waals surface area (Å²) in [6.07, 6.45) is 0.620. The molecular weight excluding hydrogens is 266 g/mol. The topological polar surface area (TPSA) is 73.1 Å². The van der Waals surface area contributed by atoms with Crippen LogP contribution in [-0.2, 0) is 6.42 Å². The van der Waals surface area contributed by atoms with Crippen molar-refractivity contribution >= 4 is 17.3 Å². The summed E-state index contributed by atoms with van der Waals surface area (Å²) in [6, 6.07) is 7.89. The fourth-order valence-corrected chi connectivity index (χ4v) is 1.65. The fourth-order valence-electron chi connectivity index (χ4n) is 1.65. The summed E-state index contributed by atoms with van der Waals surface area (Å²) in [5.41, 5.74) is 6.05. The van der Waals surface area contributed by atoms with Gasteiger partial charge in [0.25, 0.3) is 0 Å². The van der Waals surface area contributed by atoms with Gasteiger partial charge in [0.1, 0.15) is 23.2 Å². The second kappa shape index (κ2) is 6.14. The highest BCUT2D eigenvalue weighted by molar-refractivity contribution is 5.65. The maximum atomic E-state index is 12.3. The van der Waals surface area contributed by atoms with Gasteiger partial charge in [-0.3, -0.25) is 0 Å². The van der Waals surface area contributed by atoms with Crippen molar-refractivity contribution in [3.8, 4) is 5.75 Å². The number of hydrogen-bond acceptors (Lipinski definition) is 5. The number of nitrogen functional groups attached to an aromatic ring is 1. The second-order valence-electron chi connectivity index (χ2n) is 3.95. The molecule has 5 nitrogen and oxygen atoms in total. The lowest BCUT2D eigenvalue weighted by Gasteiger charge is -2.12. The average Bonchev–Trinajstić information content (AvgIpc) is 2.39. The number of nitrogens with one attached hydrogen (secondary N) is 1. The Balaban J connectivity index is 2.27. The molecule has 106 valence electrons. The first-order chi connectivity index (χ1) is 9.58. The molecule has 1 heterocycles. The van der Waals surface area contributed by atoms with Gasteiger partial charge in [-0.1, -0.05) is 19.1 Å². The van der Waals surface area contributed by atoms with E-state index in [0.29, 0.717) is 29.6 Å². The molecule has 7 heteroatoms. The first-order valence-corrected chi connectivity index (χ1v) is 6.02. The van der Waals surface area contributed by atoms with Crippen LogP contribution in [0.3, 0.4) is 0 Å². The molecule has 0 aliphatic carbocycles. The van der Waals surface area contributed by atoms with E-state index in [2.05, 4.69) is 20.0 Å².